The summed E-state index contributed by atoms with van der Waals surface area (Å²) in [5.74, 6) is 0.658. The second kappa shape index (κ2) is 5.77. The molecule has 0 amide bonds. The van der Waals surface area contributed by atoms with E-state index >= 15 is 0 Å². The maximum atomic E-state index is 2.48. The summed E-state index contributed by atoms with van der Waals surface area (Å²) in [5.41, 5.74) is 7.79. The van der Waals surface area contributed by atoms with Crippen molar-refractivity contribution in [3.05, 3.63) is 82.4 Å². The van der Waals surface area contributed by atoms with E-state index in [-0.39, 0.29) is 0 Å². The van der Waals surface area contributed by atoms with Gasteiger partial charge in [0.1, 0.15) is 0 Å². The van der Waals surface area contributed by atoms with Crippen molar-refractivity contribution in [3.63, 3.8) is 0 Å². The summed E-state index contributed by atoms with van der Waals surface area (Å²) in [6.07, 6.45) is 7.29. The van der Waals surface area contributed by atoms with Crippen LogP contribution in [0.5, 0.6) is 0 Å². The Morgan fingerprint density at radius 1 is 0.864 bits per heavy atom. The molecular weight excluding hydrogens is 431 g/mol. The van der Waals surface area contributed by atoms with Gasteiger partial charge in [-0.2, -0.15) is 0 Å². The van der Waals surface area contributed by atoms with E-state index in [1.807, 2.05) is 0 Å². The Kier molecular flexibility index (Phi) is 3.78. The Morgan fingerprint density at radius 2 is 1.55 bits per heavy atom. The van der Waals surface area contributed by atoms with Crippen molar-refractivity contribution < 1.29 is 22.9 Å². The number of rotatable bonds is 3. The van der Waals surface area contributed by atoms with Crippen LogP contribution in [-0.4, -0.2) is 0 Å². The van der Waals surface area contributed by atoms with Crippen molar-refractivity contribution in [1.82, 2.24) is 0 Å². The molecule has 0 aliphatic heterocycles. The van der Waals surface area contributed by atoms with Crippen molar-refractivity contribution in [2.45, 2.75) is 21.2 Å². The fourth-order valence-corrected chi connectivity index (χ4v) is 11.0. The number of hydrogen-bond donors (Lipinski definition) is 0. The Bertz CT molecular complexity index is 767. The minimum atomic E-state index is -0.893. The summed E-state index contributed by atoms with van der Waals surface area (Å²) < 4.78 is 1.51. The van der Waals surface area contributed by atoms with Crippen LogP contribution in [0.4, 0.5) is 0 Å². The fourth-order valence-electron chi connectivity index (χ4n) is 3.61. The van der Waals surface area contributed by atoms with E-state index in [1.165, 1.54) is 11.1 Å². The third-order valence-electron chi connectivity index (χ3n) is 4.77. The van der Waals surface area contributed by atoms with Crippen molar-refractivity contribution in [3.8, 4) is 0 Å². The van der Waals surface area contributed by atoms with Gasteiger partial charge in [-0.25, -0.2) is 0 Å². The molecule has 1 heteroatoms. The van der Waals surface area contributed by atoms with Gasteiger partial charge in [0.05, 0.1) is 0 Å². The molecule has 2 aliphatic carbocycles. The Balaban J connectivity index is 1.68. The van der Waals surface area contributed by atoms with E-state index in [9.17, 15) is 0 Å². The van der Waals surface area contributed by atoms with Gasteiger partial charge >= 0.3 is 145 Å². The van der Waals surface area contributed by atoms with Gasteiger partial charge in [0.2, 0.25) is 0 Å². The first-order valence-corrected chi connectivity index (χ1v) is 12.2. The van der Waals surface area contributed by atoms with Crippen LogP contribution in [0.3, 0.4) is 0 Å². The molecular formula is C21H20Hf. The molecule has 0 fully saturated rings. The maximum absolute atomic E-state index is 2.48. The van der Waals surface area contributed by atoms with E-state index in [1.54, 1.807) is 16.7 Å². The predicted octanol–water partition coefficient (Wildman–Crippen LogP) is 5.63. The fraction of sp³-hybridized carbons (Fsp3) is 0.238. The molecule has 22 heavy (non-hydrogen) atoms. The summed E-state index contributed by atoms with van der Waals surface area (Å²) in [7, 11) is 0. The standard InChI is InChI=1S/C12H13.C9H7.Hf/c1-9(2)12-7-10-5-3-4-6-11(10)8-12;1-2-5-9-7-3-6-8(9)4-1;/h3-9H,1-2H3;1-7H;. The van der Waals surface area contributed by atoms with E-state index in [0.717, 1.165) is 7.35 Å². The monoisotopic (exact) mass is 452 g/mol. The molecule has 0 spiro atoms. The summed E-state index contributed by atoms with van der Waals surface area (Å²) in [6.45, 7) is 4.71. The molecule has 0 aromatic heterocycles. The van der Waals surface area contributed by atoms with Gasteiger partial charge in [0.15, 0.2) is 0 Å². The summed E-state index contributed by atoms with van der Waals surface area (Å²) >= 11 is -0.893. The molecule has 0 N–H and O–H groups in total. The molecule has 2 aromatic carbocycles. The van der Waals surface area contributed by atoms with E-state index < -0.39 is 22.9 Å². The van der Waals surface area contributed by atoms with Gasteiger partial charge in [-0.15, -0.1) is 0 Å². The quantitative estimate of drug-likeness (QED) is 0.531. The SMILES string of the molecule is CC(C)C1=Cc2ccccc2[CH]1[Hf][CH]1C=Cc2ccccc21. The zero-order valence-electron chi connectivity index (χ0n) is 13.1. The van der Waals surface area contributed by atoms with Crippen LogP contribution in [0.2, 0.25) is 0 Å². The average molecular weight is 451 g/mol. The van der Waals surface area contributed by atoms with Gasteiger partial charge in [0, 0.05) is 0 Å². The molecule has 2 unspecified atom stereocenters. The van der Waals surface area contributed by atoms with Crippen LogP contribution in [-0.2, 0) is 22.9 Å². The molecule has 108 valence electrons. The van der Waals surface area contributed by atoms with Gasteiger partial charge in [0.25, 0.3) is 0 Å². The van der Waals surface area contributed by atoms with Crippen LogP contribution in [0.15, 0.2) is 60.2 Å². The van der Waals surface area contributed by atoms with Crippen LogP contribution in [0, 0.1) is 5.92 Å². The molecule has 2 aliphatic rings. The predicted molar refractivity (Wildman–Crippen MR) is 90.2 cm³/mol. The average Bonchev–Trinajstić information content (AvgIpc) is 3.10. The minimum absolute atomic E-state index is 0.658. The molecule has 0 bridgehead atoms. The Hall–Kier alpha value is -1.21. The van der Waals surface area contributed by atoms with Gasteiger partial charge in [-0.1, -0.05) is 0 Å². The first-order chi connectivity index (χ1) is 10.7. The summed E-state index contributed by atoms with van der Waals surface area (Å²) in [6, 6.07) is 18.0. The molecule has 4 rings (SSSR count). The number of allylic oxidation sites excluding steroid dienone is 2. The number of fused-ring (bicyclic) bond motifs is 2. The second-order valence-electron chi connectivity index (χ2n) is 6.49. The van der Waals surface area contributed by atoms with Crippen LogP contribution >= 0.6 is 0 Å². The Labute approximate surface area is 144 Å². The van der Waals surface area contributed by atoms with Crippen molar-refractivity contribution in [1.29, 1.82) is 0 Å². The van der Waals surface area contributed by atoms with E-state index in [2.05, 4.69) is 80.6 Å². The van der Waals surface area contributed by atoms with Gasteiger partial charge < -0.3 is 0 Å². The van der Waals surface area contributed by atoms with E-state index in [0.29, 0.717) is 5.92 Å². The van der Waals surface area contributed by atoms with Crippen LogP contribution < -0.4 is 0 Å². The molecule has 2 aromatic rings. The summed E-state index contributed by atoms with van der Waals surface area (Å²) in [5, 5.41) is 0. The molecule has 0 nitrogen and oxygen atoms in total. The zero-order valence-corrected chi connectivity index (χ0v) is 16.7. The van der Waals surface area contributed by atoms with Crippen molar-refractivity contribution in [2.75, 3.05) is 0 Å². The normalized spacial score (nSPS) is 21.7. The molecule has 0 saturated carbocycles. The van der Waals surface area contributed by atoms with Crippen LogP contribution in [0.1, 0.15) is 43.5 Å². The molecule has 2 atom stereocenters. The molecule has 0 heterocycles. The molecule has 0 saturated heterocycles. The van der Waals surface area contributed by atoms with Crippen LogP contribution in [0.25, 0.3) is 12.2 Å². The number of hydrogen-bond acceptors (Lipinski definition) is 0. The third-order valence-corrected chi connectivity index (χ3v) is 11.4. The van der Waals surface area contributed by atoms with Gasteiger partial charge in [-0.05, 0) is 0 Å². The first kappa shape index (κ1) is 14.4. The van der Waals surface area contributed by atoms with Crippen molar-refractivity contribution in [2.24, 2.45) is 5.92 Å². The summed E-state index contributed by atoms with van der Waals surface area (Å²) in [4.78, 5) is 0. The van der Waals surface area contributed by atoms with E-state index in [4.69, 9.17) is 0 Å². The molecule has 0 radical (unpaired) electrons. The van der Waals surface area contributed by atoms with Crippen molar-refractivity contribution >= 4 is 12.2 Å². The first-order valence-electron chi connectivity index (χ1n) is 8.07. The zero-order chi connectivity index (χ0) is 15.1. The topological polar surface area (TPSA) is 0 Å². The second-order valence-corrected chi connectivity index (χ2v) is 12.0. The van der Waals surface area contributed by atoms with Gasteiger partial charge in [-0.3, -0.25) is 0 Å². The Morgan fingerprint density at radius 3 is 2.32 bits per heavy atom. The number of benzene rings is 2. The third kappa shape index (κ3) is 2.40.